The molecule has 0 aromatic carbocycles. The summed E-state index contributed by atoms with van der Waals surface area (Å²) in [5, 5.41) is 0. The molecule has 17 heavy (non-hydrogen) atoms. The van der Waals surface area contributed by atoms with Gasteiger partial charge in [0.15, 0.2) is 11.5 Å². The third-order valence-electron chi connectivity index (χ3n) is 3.07. The summed E-state index contributed by atoms with van der Waals surface area (Å²) in [6.45, 7) is 0.881. The lowest BCUT2D eigenvalue weighted by Gasteiger charge is -2.08. The van der Waals surface area contributed by atoms with E-state index in [1.165, 1.54) is 0 Å². The van der Waals surface area contributed by atoms with Crippen molar-refractivity contribution in [3.63, 3.8) is 0 Å². The second kappa shape index (κ2) is 4.29. The van der Waals surface area contributed by atoms with Crippen molar-refractivity contribution in [3.05, 3.63) is 12.2 Å². The molecule has 6 nitrogen and oxygen atoms in total. The number of hydrogen-bond donors (Lipinski definition) is 2. The number of hydrogen-bond acceptors (Lipinski definition) is 5. The predicted molar refractivity (Wildman–Crippen MR) is 63.4 cm³/mol. The standard InChI is InChI=1S/C11H15N5O/c12-10-9-11(14-6-13-9)16-8(15-10)4-3-7-2-1-5-17-7/h6-7H,1-5H2,(H3,12,13,14,15,16). The summed E-state index contributed by atoms with van der Waals surface area (Å²) in [4.78, 5) is 15.7. The fraction of sp³-hybridized carbons (Fsp3) is 0.545. The molecule has 3 rings (SSSR count). The van der Waals surface area contributed by atoms with Gasteiger partial charge in [0, 0.05) is 13.0 Å². The molecule has 0 aliphatic carbocycles. The minimum absolute atomic E-state index is 0.356. The SMILES string of the molecule is Nc1nc(CCC2CCCO2)nc2nc[nH]c12. The summed E-state index contributed by atoms with van der Waals surface area (Å²) in [6.07, 6.45) is 5.98. The van der Waals surface area contributed by atoms with Gasteiger partial charge < -0.3 is 15.5 Å². The van der Waals surface area contributed by atoms with Crippen molar-refractivity contribution in [1.82, 2.24) is 19.9 Å². The van der Waals surface area contributed by atoms with Gasteiger partial charge in [0.1, 0.15) is 11.3 Å². The van der Waals surface area contributed by atoms with Crippen LogP contribution in [0.3, 0.4) is 0 Å². The maximum absolute atomic E-state index is 5.83. The second-order valence-corrected chi connectivity index (χ2v) is 4.30. The molecular formula is C11H15N5O. The number of aromatic amines is 1. The summed E-state index contributed by atoms with van der Waals surface area (Å²) in [7, 11) is 0. The number of aryl methyl sites for hydroxylation is 1. The van der Waals surface area contributed by atoms with E-state index in [0.29, 0.717) is 23.1 Å². The normalized spacial score (nSPS) is 20.1. The van der Waals surface area contributed by atoms with Crippen molar-refractivity contribution in [2.75, 3.05) is 12.3 Å². The Labute approximate surface area is 98.6 Å². The molecule has 6 heteroatoms. The molecule has 1 atom stereocenters. The van der Waals surface area contributed by atoms with E-state index in [9.17, 15) is 0 Å². The fourth-order valence-corrected chi connectivity index (χ4v) is 2.18. The number of aromatic nitrogens is 4. The average molecular weight is 233 g/mol. The third-order valence-corrected chi connectivity index (χ3v) is 3.07. The van der Waals surface area contributed by atoms with Gasteiger partial charge in [-0.05, 0) is 19.3 Å². The Kier molecular flexibility index (Phi) is 2.64. The number of nitrogens with two attached hydrogens (primary N) is 1. The highest BCUT2D eigenvalue weighted by Gasteiger charge is 2.16. The molecule has 90 valence electrons. The lowest BCUT2D eigenvalue weighted by Crippen LogP contribution is -2.09. The Bertz CT molecular complexity index is 518. The fourth-order valence-electron chi connectivity index (χ4n) is 2.18. The van der Waals surface area contributed by atoms with Crippen LogP contribution in [0.4, 0.5) is 5.82 Å². The first-order valence-electron chi connectivity index (χ1n) is 5.90. The van der Waals surface area contributed by atoms with Crippen molar-refractivity contribution in [2.24, 2.45) is 0 Å². The van der Waals surface area contributed by atoms with E-state index in [0.717, 1.165) is 38.1 Å². The van der Waals surface area contributed by atoms with E-state index >= 15 is 0 Å². The van der Waals surface area contributed by atoms with Gasteiger partial charge in [0.05, 0.1) is 12.4 Å². The Hall–Kier alpha value is -1.69. The first kappa shape index (κ1) is 10.5. The Morgan fingerprint density at radius 1 is 1.47 bits per heavy atom. The summed E-state index contributed by atoms with van der Waals surface area (Å²) in [6, 6.07) is 0. The first-order valence-corrected chi connectivity index (χ1v) is 5.90. The van der Waals surface area contributed by atoms with Crippen LogP contribution in [0.15, 0.2) is 6.33 Å². The summed E-state index contributed by atoms with van der Waals surface area (Å²) in [5.74, 6) is 1.22. The number of nitrogens with zero attached hydrogens (tertiary/aromatic N) is 3. The van der Waals surface area contributed by atoms with Gasteiger partial charge in [-0.25, -0.2) is 15.0 Å². The van der Waals surface area contributed by atoms with Gasteiger partial charge in [-0.1, -0.05) is 0 Å². The highest BCUT2D eigenvalue weighted by atomic mass is 16.5. The van der Waals surface area contributed by atoms with Crippen molar-refractivity contribution in [3.8, 4) is 0 Å². The van der Waals surface area contributed by atoms with Crippen LogP contribution < -0.4 is 5.73 Å². The van der Waals surface area contributed by atoms with Crippen LogP contribution in [0.1, 0.15) is 25.1 Å². The number of anilines is 1. The van der Waals surface area contributed by atoms with Crippen LogP contribution in [0.2, 0.25) is 0 Å². The van der Waals surface area contributed by atoms with Gasteiger partial charge in [-0.2, -0.15) is 0 Å². The van der Waals surface area contributed by atoms with Crippen LogP contribution in [0.5, 0.6) is 0 Å². The third kappa shape index (κ3) is 2.08. The van der Waals surface area contributed by atoms with Crippen LogP contribution in [0, 0.1) is 0 Å². The number of nitrogen functional groups attached to an aromatic ring is 1. The van der Waals surface area contributed by atoms with Gasteiger partial charge in [-0.3, -0.25) is 0 Å². The zero-order valence-electron chi connectivity index (χ0n) is 9.52. The largest absolute Gasteiger partial charge is 0.382 e. The van der Waals surface area contributed by atoms with Crippen molar-refractivity contribution in [1.29, 1.82) is 0 Å². The van der Waals surface area contributed by atoms with Crippen molar-refractivity contribution >= 4 is 17.0 Å². The van der Waals surface area contributed by atoms with E-state index < -0.39 is 0 Å². The van der Waals surface area contributed by atoms with Crippen LogP contribution in [-0.2, 0) is 11.2 Å². The highest BCUT2D eigenvalue weighted by molar-refractivity contribution is 5.80. The minimum atomic E-state index is 0.356. The molecule has 0 amide bonds. The predicted octanol–water partition coefficient (Wildman–Crippen LogP) is 1.05. The number of ether oxygens (including phenoxy) is 1. The molecule has 3 N–H and O–H groups in total. The number of imidazole rings is 1. The summed E-state index contributed by atoms with van der Waals surface area (Å²) < 4.78 is 5.57. The number of nitrogens with one attached hydrogen (secondary N) is 1. The van der Waals surface area contributed by atoms with Crippen LogP contribution in [-0.4, -0.2) is 32.6 Å². The zero-order valence-corrected chi connectivity index (χ0v) is 9.52. The van der Waals surface area contributed by atoms with Crippen molar-refractivity contribution in [2.45, 2.75) is 31.8 Å². The topological polar surface area (TPSA) is 89.7 Å². The van der Waals surface area contributed by atoms with E-state index in [1.54, 1.807) is 6.33 Å². The van der Waals surface area contributed by atoms with Crippen molar-refractivity contribution < 1.29 is 4.74 Å². The Morgan fingerprint density at radius 2 is 2.41 bits per heavy atom. The smallest absolute Gasteiger partial charge is 0.183 e. The van der Waals surface area contributed by atoms with Gasteiger partial charge in [0.25, 0.3) is 0 Å². The van der Waals surface area contributed by atoms with E-state index in [1.807, 2.05) is 0 Å². The molecule has 1 aliphatic heterocycles. The summed E-state index contributed by atoms with van der Waals surface area (Å²) >= 11 is 0. The maximum atomic E-state index is 5.83. The summed E-state index contributed by atoms with van der Waals surface area (Å²) in [5.41, 5.74) is 7.18. The maximum Gasteiger partial charge on any atom is 0.183 e. The molecule has 0 bridgehead atoms. The average Bonchev–Trinajstić information content (AvgIpc) is 2.97. The van der Waals surface area contributed by atoms with Gasteiger partial charge in [0.2, 0.25) is 0 Å². The van der Waals surface area contributed by atoms with Gasteiger partial charge >= 0.3 is 0 Å². The first-order chi connectivity index (χ1) is 8.33. The lowest BCUT2D eigenvalue weighted by molar-refractivity contribution is 0.104. The second-order valence-electron chi connectivity index (χ2n) is 4.30. The van der Waals surface area contributed by atoms with Crippen LogP contribution in [0.25, 0.3) is 11.2 Å². The molecule has 1 aliphatic rings. The van der Waals surface area contributed by atoms with E-state index in [2.05, 4.69) is 19.9 Å². The molecule has 1 fully saturated rings. The lowest BCUT2D eigenvalue weighted by atomic mass is 10.1. The van der Waals surface area contributed by atoms with Crippen LogP contribution >= 0.6 is 0 Å². The Balaban J connectivity index is 1.75. The quantitative estimate of drug-likeness (QED) is 0.826. The van der Waals surface area contributed by atoms with Gasteiger partial charge in [-0.15, -0.1) is 0 Å². The molecule has 2 aromatic heterocycles. The monoisotopic (exact) mass is 233 g/mol. The Morgan fingerprint density at radius 3 is 3.24 bits per heavy atom. The number of rotatable bonds is 3. The highest BCUT2D eigenvalue weighted by Crippen LogP contribution is 2.18. The molecule has 1 saturated heterocycles. The number of H-pyrrole nitrogens is 1. The molecule has 2 aromatic rings. The molecular weight excluding hydrogens is 218 g/mol. The molecule has 3 heterocycles. The molecule has 0 spiro atoms. The van der Waals surface area contributed by atoms with E-state index in [4.69, 9.17) is 10.5 Å². The van der Waals surface area contributed by atoms with E-state index in [-0.39, 0.29) is 0 Å². The number of fused-ring (bicyclic) bond motifs is 1. The zero-order chi connectivity index (χ0) is 11.7. The molecule has 1 unspecified atom stereocenters. The minimum Gasteiger partial charge on any atom is -0.382 e. The molecule has 0 radical (unpaired) electrons. The molecule has 0 saturated carbocycles.